The van der Waals surface area contributed by atoms with E-state index in [9.17, 15) is 9.59 Å². The van der Waals surface area contributed by atoms with Crippen LogP contribution in [0, 0.1) is 6.92 Å². The van der Waals surface area contributed by atoms with E-state index in [2.05, 4.69) is 97.9 Å². The van der Waals surface area contributed by atoms with Gasteiger partial charge in [0.1, 0.15) is 11.5 Å². The minimum atomic E-state index is -0.378. The molecule has 0 aromatic heterocycles. The van der Waals surface area contributed by atoms with Gasteiger partial charge < -0.3 is 9.47 Å². The van der Waals surface area contributed by atoms with Gasteiger partial charge in [0.15, 0.2) is 0 Å². The van der Waals surface area contributed by atoms with E-state index in [1.165, 1.54) is 59.3 Å². The Morgan fingerprint density at radius 2 is 0.778 bits per heavy atom. The summed E-state index contributed by atoms with van der Waals surface area (Å²) in [6.07, 6.45) is 30.4. The first kappa shape index (κ1) is 46.0. The van der Waals surface area contributed by atoms with Gasteiger partial charge in [0.25, 0.3) is 0 Å². The standard InChI is InChI=1S/C50H70O4/c1-36(2)20-14-21-37(3)22-15-23-38(4)24-16-25-39(5)26-17-27-40(6)28-18-29-41(7)30-19-31-42(8)34-35-46-43(9)49(53-44(10)51)47-32-12-13-33-48(47)50(46)54-45(11)52/h12-13,20,22,24,26,28,30,32-34H,14-19,21,23,25,27,29,31,35H2,1-11H3/b37-22+,38-24+,39-26+,40-28+,41-30+,42-34+. The first-order valence-electron chi connectivity index (χ1n) is 20.2. The molecule has 294 valence electrons. The number of carbonyl (C=O) groups is 2. The maximum atomic E-state index is 12.1. The third kappa shape index (κ3) is 18.2. The Morgan fingerprint density at radius 3 is 1.13 bits per heavy atom. The fourth-order valence-corrected chi connectivity index (χ4v) is 6.54. The van der Waals surface area contributed by atoms with Crippen molar-refractivity contribution in [1.82, 2.24) is 0 Å². The molecule has 0 unspecified atom stereocenters. The van der Waals surface area contributed by atoms with E-state index in [4.69, 9.17) is 9.47 Å². The van der Waals surface area contributed by atoms with Crippen molar-refractivity contribution in [1.29, 1.82) is 0 Å². The van der Waals surface area contributed by atoms with E-state index in [-0.39, 0.29) is 11.9 Å². The van der Waals surface area contributed by atoms with E-state index in [0.29, 0.717) is 17.9 Å². The van der Waals surface area contributed by atoms with Crippen LogP contribution in [0.25, 0.3) is 10.8 Å². The van der Waals surface area contributed by atoms with Crippen molar-refractivity contribution >= 4 is 22.7 Å². The largest absolute Gasteiger partial charge is 0.426 e. The Balaban J connectivity index is 1.81. The van der Waals surface area contributed by atoms with Gasteiger partial charge in [-0.1, -0.05) is 106 Å². The molecule has 2 aromatic rings. The van der Waals surface area contributed by atoms with Crippen LogP contribution in [-0.4, -0.2) is 11.9 Å². The molecular formula is C50H70O4. The maximum Gasteiger partial charge on any atom is 0.308 e. The van der Waals surface area contributed by atoms with Gasteiger partial charge >= 0.3 is 11.9 Å². The van der Waals surface area contributed by atoms with Gasteiger partial charge in [-0.15, -0.1) is 0 Å². The Bertz CT molecular complexity index is 1760. The molecule has 0 fully saturated rings. The first-order chi connectivity index (χ1) is 25.7. The monoisotopic (exact) mass is 735 g/mol. The van der Waals surface area contributed by atoms with E-state index in [0.717, 1.165) is 92.5 Å². The molecule has 0 atom stereocenters. The van der Waals surface area contributed by atoms with Crippen LogP contribution < -0.4 is 9.47 Å². The molecule has 4 heteroatoms. The molecular weight excluding hydrogens is 665 g/mol. The molecule has 0 N–H and O–H groups in total. The fraction of sp³-hybridized carbons (Fsp3) is 0.480. The number of esters is 2. The third-order valence-electron chi connectivity index (χ3n) is 9.88. The highest BCUT2D eigenvalue weighted by atomic mass is 16.5. The molecule has 54 heavy (non-hydrogen) atoms. The zero-order chi connectivity index (χ0) is 40.0. The molecule has 0 bridgehead atoms. The average molecular weight is 735 g/mol. The van der Waals surface area contributed by atoms with Crippen molar-refractivity contribution < 1.29 is 19.1 Å². The lowest BCUT2D eigenvalue weighted by Gasteiger charge is -2.18. The predicted octanol–water partition coefficient (Wildman–Crippen LogP) is 14.9. The molecule has 2 rings (SSSR count). The number of ether oxygens (including phenoxy) is 2. The van der Waals surface area contributed by atoms with Crippen molar-refractivity contribution in [3.8, 4) is 11.5 Å². The van der Waals surface area contributed by atoms with Gasteiger partial charge in [-0.2, -0.15) is 0 Å². The average Bonchev–Trinajstić information content (AvgIpc) is 3.09. The number of allylic oxidation sites excluding steroid dienone is 14. The molecule has 4 nitrogen and oxygen atoms in total. The number of carbonyl (C=O) groups excluding carboxylic acids is 2. The molecule has 0 amide bonds. The summed E-state index contributed by atoms with van der Waals surface area (Å²) in [7, 11) is 0. The van der Waals surface area contributed by atoms with Crippen LogP contribution in [0.4, 0.5) is 0 Å². The van der Waals surface area contributed by atoms with E-state index < -0.39 is 0 Å². The Kier molecular flexibility index (Phi) is 21.3. The second-order valence-electron chi connectivity index (χ2n) is 15.5. The van der Waals surface area contributed by atoms with Gasteiger partial charge in [-0.3, -0.25) is 9.59 Å². The zero-order valence-corrected chi connectivity index (χ0v) is 35.7. The molecule has 0 saturated heterocycles. The summed E-state index contributed by atoms with van der Waals surface area (Å²) >= 11 is 0. The summed E-state index contributed by atoms with van der Waals surface area (Å²) in [6.45, 7) is 22.5. The normalized spacial score (nSPS) is 13.4. The Morgan fingerprint density at radius 1 is 0.463 bits per heavy atom. The van der Waals surface area contributed by atoms with Crippen LogP contribution in [-0.2, 0) is 16.0 Å². The quantitative estimate of drug-likeness (QED) is 0.0686. The summed E-state index contributed by atoms with van der Waals surface area (Å²) in [6, 6.07) is 7.58. The number of fused-ring (bicyclic) bond motifs is 1. The SMILES string of the molecule is CC(=O)Oc1c(C)c(C/C=C(\C)CC/C=C(\C)CC/C=C(\C)CC/C=C(\C)CC/C=C(\C)CC/C=C(\C)CCC=C(C)C)c(OC(C)=O)c2ccccc12. The van der Waals surface area contributed by atoms with E-state index in [1.807, 2.05) is 31.2 Å². The van der Waals surface area contributed by atoms with Crippen LogP contribution in [0.5, 0.6) is 11.5 Å². The summed E-state index contributed by atoms with van der Waals surface area (Å²) in [5, 5.41) is 1.51. The summed E-state index contributed by atoms with van der Waals surface area (Å²) < 4.78 is 11.4. The van der Waals surface area contributed by atoms with Crippen LogP contribution >= 0.6 is 0 Å². The van der Waals surface area contributed by atoms with Crippen molar-refractivity contribution in [2.45, 2.75) is 160 Å². The van der Waals surface area contributed by atoms with Crippen LogP contribution in [0.1, 0.15) is 157 Å². The minimum Gasteiger partial charge on any atom is -0.426 e. The lowest BCUT2D eigenvalue weighted by atomic mass is 9.95. The molecule has 0 aliphatic rings. The van der Waals surface area contributed by atoms with Gasteiger partial charge in [-0.05, 0) is 151 Å². The van der Waals surface area contributed by atoms with E-state index >= 15 is 0 Å². The van der Waals surface area contributed by atoms with Crippen molar-refractivity contribution in [3.63, 3.8) is 0 Å². The molecule has 0 radical (unpaired) electrons. The number of hydrogen-bond donors (Lipinski definition) is 0. The van der Waals surface area contributed by atoms with Crippen molar-refractivity contribution in [3.05, 3.63) is 117 Å². The smallest absolute Gasteiger partial charge is 0.308 e. The topological polar surface area (TPSA) is 52.6 Å². The zero-order valence-electron chi connectivity index (χ0n) is 35.7. The molecule has 0 spiro atoms. The van der Waals surface area contributed by atoms with Crippen LogP contribution in [0.3, 0.4) is 0 Å². The van der Waals surface area contributed by atoms with Gasteiger partial charge in [-0.25, -0.2) is 0 Å². The minimum absolute atomic E-state index is 0.375. The highest BCUT2D eigenvalue weighted by Crippen LogP contribution is 2.41. The number of benzene rings is 2. The summed E-state index contributed by atoms with van der Waals surface area (Å²) in [5.41, 5.74) is 11.7. The second-order valence-corrected chi connectivity index (χ2v) is 15.5. The van der Waals surface area contributed by atoms with Gasteiger partial charge in [0, 0.05) is 30.2 Å². The molecule has 0 heterocycles. The van der Waals surface area contributed by atoms with E-state index in [1.54, 1.807) is 0 Å². The molecule has 0 aliphatic heterocycles. The van der Waals surface area contributed by atoms with Crippen molar-refractivity contribution in [2.24, 2.45) is 0 Å². The van der Waals surface area contributed by atoms with Gasteiger partial charge in [0.2, 0.25) is 0 Å². The lowest BCUT2D eigenvalue weighted by molar-refractivity contribution is -0.133. The highest BCUT2D eigenvalue weighted by Gasteiger charge is 2.20. The lowest BCUT2D eigenvalue weighted by Crippen LogP contribution is -2.09. The van der Waals surface area contributed by atoms with Crippen LogP contribution in [0.15, 0.2) is 106 Å². The summed E-state index contributed by atoms with van der Waals surface area (Å²) in [4.78, 5) is 24.0. The predicted molar refractivity (Wildman–Crippen MR) is 232 cm³/mol. The second kappa shape index (κ2) is 25.0. The molecule has 0 aliphatic carbocycles. The first-order valence-corrected chi connectivity index (χ1v) is 20.2. The third-order valence-corrected chi connectivity index (χ3v) is 9.88. The molecule has 0 saturated carbocycles. The Hall–Kier alpha value is -4.18. The number of hydrogen-bond acceptors (Lipinski definition) is 4. The fourth-order valence-electron chi connectivity index (χ4n) is 6.54. The highest BCUT2D eigenvalue weighted by molar-refractivity contribution is 5.98. The maximum absolute atomic E-state index is 12.1. The van der Waals surface area contributed by atoms with Crippen molar-refractivity contribution in [2.75, 3.05) is 0 Å². The Labute approximate surface area is 328 Å². The molecule has 2 aromatic carbocycles. The summed E-state index contributed by atoms with van der Waals surface area (Å²) in [5.74, 6) is 0.306. The van der Waals surface area contributed by atoms with Gasteiger partial charge in [0.05, 0.1) is 0 Å². The number of rotatable bonds is 22. The van der Waals surface area contributed by atoms with Crippen LogP contribution in [0.2, 0.25) is 0 Å².